The van der Waals surface area contributed by atoms with Crippen LogP contribution in [-0.2, 0) is 16.6 Å². The van der Waals surface area contributed by atoms with E-state index in [9.17, 15) is 13.2 Å². The number of piperidine rings is 1. The van der Waals surface area contributed by atoms with E-state index >= 15 is 0 Å². The number of sulfonamides is 1. The number of likely N-dealkylation sites (tertiary alicyclic amines) is 1. The fourth-order valence-electron chi connectivity index (χ4n) is 4.59. The van der Waals surface area contributed by atoms with Gasteiger partial charge in [0.05, 0.1) is 24.3 Å². The van der Waals surface area contributed by atoms with Crippen LogP contribution in [0.15, 0.2) is 67.3 Å². The van der Waals surface area contributed by atoms with Gasteiger partial charge in [-0.2, -0.15) is 0 Å². The van der Waals surface area contributed by atoms with Crippen molar-refractivity contribution < 1.29 is 17.9 Å². The molecule has 0 unspecified atom stereocenters. The number of carbonyl (C=O) groups is 1. The third-order valence-electron chi connectivity index (χ3n) is 6.55. The van der Waals surface area contributed by atoms with Gasteiger partial charge in [-0.25, -0.2) is 23.2 Å². The smallest absolute Gasteiger partial charge is 0.322 e. The average molecular weight is 553 g/mol. The number of amides is 2. The summed E-state index contributed by atoms with van der Waals surface area (Å²) >= 11 is 0. The molecule has 1 aliphatic rings. The maximum Gasteiger partial charge on any atom is 0.322 e. The fraction of sp³-hybridized carbons (Fsp3) is 0.393. The largest absolute Gasteiger partial charge is 0.457 e. The third kappa shape index (κ3) is 8.93. The first-order valence-electron chi connectivity index (χ1n) is 13.2. The molecule has 2 N–H and O–H groups in total. The van der Waals surface area contributed by atoms with Gasteiger partial charge in [0.2, 0.25) is 10.0 Å². The lowest BCUT2D eigenvalue weighted by Gasteiger charge is -2.38. The van der Waals surface area contributed by atoms with Crippen molar-refractivity contribution in [3.8, 4) is 11.5 Å². The van der Waals surface area contributed by atoms with Crippen LogP contribution >= 0.6 is 0 Å². The Morgan fingerprint density at radius 2 is 1.62 bits per heavy atom. The number of hydrogen-bond acceptors (Lipinski definition) is 7. The van der Waals surface area contributed by atoms with E-state index < -0.39 is 10.0 Å². The van der Waals surface area contributed by atoms with E-state index in [1.54, 1.807) is 36.7 Å². The molecule has 208 valence electrons. The molecule has 0 radical (unpaired) electrons. The van der Waals surface area contributed by atoms with E-state index in [2.05, 4.69) is 44.0 Å². The van der Waals surface area contributed by atoms with Crippen LogP contribution in [0.3, 0.4) is 0 Å². The van der Waals surface area contributed by atoms with Gasteiger partial charge < -0.3 is 15.0 Å². The predicted octanol–water partition coefficient (Wildman–Crippen LogP) is 4.94. The number of urea groups is 1. The maximum atomic E-state index is 13.0. The van der Waals surface area contributed by atoms with Crippen LogP contribution in [0.25, 0.3) is 0 Å². The molecule has 1 saturated heterocycles. The first-order valence-corrected chi connectivity index (χ1v) is 15.1. The molecule has 1 aliphatic heterocycles. The van der Waals surface area contributed by atoms with Gasteiger partial charge in [0.25, 0.3) is 0 Å². The van der Waals surface area contributed by atoms with E-state index in [1.807, 2.05) is 17.0 Å². The highest BCUT2D eigenvalue weighted by molar-refractivity contribution is 7.92. The van der Waals surface area contributed by atoms with Gasteiger partial charge in [-0.1, -0.05) is 25.5 Å². The summed E-state index contributed by atoms with van der Waals surface area (Å²) in [5.74, 6) is 1.34. The van der Waals surface area contributed by atoms with Gasteiger partial charge in [-0.3, -0.25) is 9.62 Å². The number of unbranched alkanes of at least 4 members (excludes halogenated alkanes) is 1. The van der Waals surface area contributed by atoms with Crippen LogP contribution in [0, 0.1) is 0 Å². The normalized spacial score (nSPS) is 14.5. The lowest BCUT2D eigenvalue weighted by Crippen LogP contribution is -2.49. The molecular formula is C28H36N6O4S. The van der Waals surface area contributed by atoms with Crippen molar-refractivity contribution in [2.24, 2.45) is 0 Å². The Morgan fingerprint density at radius 3 is 2.21 bits per heavy atom. The number of nitrogens with one attached hydrogen (secondary N) is 2. The molecule has 2 amide bonds. The molecule has 39 heavy (non-hydrogen) atoms. The summed E-state index contributed by atoms with van der Waals surface area (Å²) < 4.78 is 31.1. The Morgan fingerprint density at radius 1 is 1.00 bits per heavy atom. The van der Waals surface area contributed by atoms with Gasteiger partial charge in [0.15, 0.2) is 0 Å². The van der Waals surface area contributed by atoms with Crippen LogP contribution in [0.5, 0.6) is 11.5 Å². The summed E-state index contributed by atoms with van der Waals surface area (Å²) in [6, 6.07) is 14.9. The zero-order valence-electron chi connectivity index (χ0n) is 22.4. The molecule has 2 heterocycles. The molecule has 0 spiro atoms. The van der Waals surface area contributed by atoms with Crippen molar-refractivity contribution in [1.82, 2.24) is 19.8 Å². The van der Waals surface area contributed by atoms with Gasteiger partial charge in [0.1, 0.15) is 17.8 Å². The second-order valence-corrected chi connectivity index (χ2v) is 11.5. The van der Waals surface area contributed by atoms with E-state index in [0.717, 1.165) is 58.1 Å². The Labute approximate surface area is 230 Å². The number of anilines is 2. The van der Waals surface area contributed by atoms with Crippen LogP contribution < -0.4 is 14.8 Å². The van der Waals surface area contributed by atoms with Crippen LogP contribution in [-0.4, -0.2) is 66.1 Å². The molecule has 11 heteroatoms. The standard InChI is InChI=1S/C28H36N6O4S/c1-3-4-15-34(28(35)31-24-18-29-21-30-19-24)25-13-16-33(17-14-25)20-22-5-9-26(10-6-22)38-27-11-7-23(8-12-27)32-39(2,36)37/h5-12,18-19,21,25,32H,3-4,13-17,20H2,1-2H3,(H,31,35). The van der Waals surface area contributed by atoms with Crippen LogP contribution in [0.1, 0.15) is 38.2 Å². The SMILES string of the molecule is CCCCN(C(=O)Nc1cncnc1)C1CCN(Cc2ccc(Oc3ccc(NS(C)(=O)=O)cc3)cc2)CC1. The van der Waals surface area contributed by atoms with Gasteiger partial charge in [0, 0.05) is 37.9 Å². The summed E-state index contributed by atoms with van der Waals surface area (Å²) in [7, 11) is -3.31. The lowest BCUT2D eigenvalue weighted by molar-refractivity contribution is 0.122. The highest BCUT2D eigenvalue weighted by atomic mass is 32.2. The Hall–Kier alpha value is -3.70. The Balaban J connectivity index is 1.27. The van der Waals surface area contributed by atoms with Crippen molar-refractivity contribution in [3.63, 3.8) is 0 Å². The van der Waals surface area contributed by atoms with E-state index in [4.69, 9.17) is 4.74 Å². The quantitative estimate of drug-likeness (QED) is 0.346. The van der Waals surface area contributed by atoms with Crippen molar-refractivity contribution in [1.29, 1.82) is 0 Å². The molecular weight excluding hydrogens is 516 g/mol. The number of nitrogens with zero attached hydrogens (tertiary/aromatic N) is 4. The van der Waals surface area contributed by atoms with E-state index in [1.165, 1.54) is 11.9 Å². The average Bonchev–Trinajstić information content (AvgIpc) is 2.92. The van der Waals surface area contributed by atoms with Crippen molar-refractivity contribution in [3.05, 3.63) is 72.8 Å². The van der Waals surface area contributed by atoms with E-state index in [-0.39, 0.29) is 12.1 Å². The fourth-order valence-corrected chi connectivity index (χ4v) is 5.15. The number of carbonyl (C=O) groups excluding carboxylic acids is 1. The molecule has 4 rings (SSSR count). The number of aromatic nitrogens is 2. The predicted molar refractivity (Wildman–Crippen MR) is 152 cm³/mol. The third-order valence-corrected chi connectivity index (χ3v) is 7.15. The topological polar surface area (TPSA) is 117 Å². The summed E-state index contributed by atoms with van der Waals surface area (Å²) in [4.78, 5) is 25.4. The maximum absolute atomic E-state index is 13.0. The Bertz CT molecular complexity index is 1300. The molecule has 0 atom stereocenters. The van der Waals surface area contributed by atoms with Crippen molar-refractivity contribution in [2.45, 2.75) is 45.2 Å². The number of benzene rings is 2. The first kappa shape index (κ1) is 28.3. The molecule has 1 fully saturated rings. The minimum atomic E-state index is -3.31. The highest BCUT2D eigenvalue weighted by Gasteiger charge is 2.28. The molecule has 10 nitrogen and oxygen atoms in total. The van der Waals surface area contributed by atoms with Crippen LogP contribution in [0.4, 0.5) is 16.2 Å². The Kier molecular flexibility index (Phi) is 9.72. The van der Waals surface area contributed by atoms with Gasteiger partial charge in [-0.15, -0.1) is 0 Å². The molecule has 0 aliphatic carbocycles. The summed E-state index contributed by atoms with van der Waals surface area (Å²) in [6.07, 6.45) is 9.63. The second-order valence-electron chi connectivity index (χ2n) is 9.76. The van der Waals surface area contributed by atoms with E-state index in [0.29, 0.717) is 22.9 Å². The zero-order chi connectivity index (χ0) is 27.7. The molecule has 1 aromatic heterocycles. The summed E-state index contributed by atoms with van der Waals surface area (Å²) in [6.45, 7) is 5.54. The zero-order valence-corrected chi connectivity index (χ0v) is 23.2. The molecule has 0 saturated carbocycles. The minimum absolute atomic E-state index is 0.0893. The minimum Gasteiger partial charge on any atom is -0.457 e. The van der Waals surface area contributed by atoms with Gasteiger partial charge >= 0.3 is 6.03 Å². The number of hydrogen-bond donors (Lipinski definition) is 2. The first-order chi connectivity index (χ1) is 18.8. The summed E-state index contributed by atoms with van der Waals surface area (Å²) in [5.41, 5.74) is 2.29. The summed E-state index contributed by atoms with van der Waals surface area (Å²) in [5, 5.41) is 2.94. The molecule has 3 aromatic rings. The van der Waals surface area contributed by atoms with Crippen molar-refractivity contribution in [2.75, 3.05) is 35.9 Å². The highest BCUT2D eigenvalue weighted by Crippen LogP contribution is 2.25. The lowest BCUT2D eigenvalue weighted by atomic mass is 10.0. The van der Waals surface area contributed by atoms with Crippen LogP contribution in [0.2, 0.25) is 0 Å². The molecule has 0 bridgehead atoms. The van der Waals surface area contributed by atoms with Gasteiger partial charge in [-0.05, 0) is 61.2 Å². The molecule has 2 aromatic carbocycles. The number of rotatable bonds is 11. The van der Waals surface area contributed by atoms with Crippen molar-refractivity contribution >= 4 is 27.4 Å². The number of ether oxygens (including phenoxy) is 1. The monoisotopic (exact) mass is 552 g/mol. The second kappa shape index (κ2) is 13.4.